The van der Waals surface area contributed by atoms with E-state index < -0.39 is 23.1 Å². The largest absolute Gasteiger partial charge is 0.341 e. The molecule has 1 saturated carbocycles. The summed E-state index contributed by atoms with van der Waals surface area (Å²) >= 11 is 0. The van der Waals surface area contributed by atoms with Crippen LogP contribution in [0.15, 0.2) is 22.7 Å². The van der Waals surface area contributed by atoms with Crippen LogP contribution in [0.3, 0.4) is 0 Å². The second kappa shape index (κ2) is 7.72. The Kier molecular flexibility index (Phi) is 5.40. The molecule has 0 spiro atoms. The van der Waals surface area contributed by atoms with E-state index in [2.05, 4.69) is 10.1 Å². The normalized spacial score (nSPS) is 15.3. The molecule has 7 heteroatoms. The third-order valence-corrected chi connectivity index (χ3v) is 4.63. The summed E-state index contributed by atoms with van der Waals surface area (Å²) in [4.78, 5) is 17.9. The molecule has 1 fully saturated rings. The molecule has 0 aliphatic heterocycles. The number of amides is 1. The fourth-order valence-corrected chi connectivity index (χ4v) is 3.15. The maximum atomic E-state index is 13.7. The molecule has 0 radical (unpaired) electrons. The van der Waals surface area contributed by atoms with Gasteiger partial charge in [0.05, 0.1) is 0 Å². The van der Waals surface area contributed by atoms with Crippen LogP contribution in [0.1, 0.15) is 60.1 Å². The molecule has 1 aromatic heterocycles. The van der Waals surface area contributed by atoms with Crippen molar-refractivity contribution in [2.24, 2.45) is 0 Å². The highest BCUT2D eigenvalue weighted by molar-refractivity contribution is 5.94. The highest BCUT2D eigenvalue weighted by Crippen LogP contribution is 2.31. The Morgan fingerprint density at radius 1 is 1.24 bits per heavy atom. The lowest BCUT2D eigenvalue weighted by molar-refractivity contribution is 0.0786. The van der Waals surface area contributed by atoms with E-state index in [-0.39, 0.29) is 6.54 Å². The first kappa shape index (κ1) is 17.5. The average molecular weight is 349 g/mol. The number of halogens is 2. The lowest BCUT2D eigenvalue weighted by Gasteiger charge is -2.17. The Hall–Kier alpha value is -2.31. The molecule has 1 aromatic carbocycles. The van der Waals surface area contributed by atoms with E-state index in [1.165, 1.54) is 37.3 Å². The summed E-state index contributed by atoms with van der Waals surface area (Å²) in [5.41, 5.74) is -0.541. The second-order valence-corrected chi connectivity index (χ2v) is 6.46. The minimum absolute atomic E-state index is 0.246. The van der Waals surface area contributed by atoms with Gasteiger partial charge in [-0.1, -0.05) is 30.5 Å². The zero-order chi connectivity index (χ0) is 17.8. The molecule has 25 heavy (non-hydrogen) atoms. The Morgan fingerprint density at radius 2 is 1.92 bits per heavy atom. The number of hydrogen-bond donors (Lipinski definition) is 0. The molecule has 1 aliphatic carbocycles. The van der Waals surface area contributed by atoms with Crippen molar-refractivity contribution in [3.05, 3.63) is 47.1 Å². The van der Waals surface area contributed by atoms with Crippen molar-refractivity contribution in [3.63, 3.8) is 0 Å². The van der Waals surface area contributed by atoms with Gasteiger partial charge in [0.25, 0.3) is 5.91 Å². The van der Waals surface area contributed by atoms with Crippen molar-refractivity contribution in [2.45, 2.75) is 44.4 Å². The van der Waals surface area contributed by atoms with Gasteiger partial charge in [-0.2, -0.15) is 4.98 Å². The molecule has 1 amide bonds. The van der Waals surface area contributed by atoms with E-state index in [9.17, 15) is 13.6 Å². The highest BCUT2D eigenvalue weighted by Gasteiger charge is 2.23. The molecule has 1 aliphatic rings. The predicted molar refractivity (Wildman–Crippen MR) is 87.1 cm³/mol. The zero-order valence-corrected chi connectivity index (χ0v) is 14.2. The van der Waals surface area contributed by atoms with Crippen molar-refractivity contribution < 1.29 is 18.1 Å². The van der Waals surface area contributed by atoms with Gasteiger partial charge in [0, 0.05) is 25.9 Å². The molecular weight excluding hydrogens is 328 g/mol. The molecule has 3 rings (SSSR count). The third kappa shape index (κ3) is 4.03. The first-order chi connectivity index (χ1) is 12.1. The highest BCUT2D eigenvalue weighted by atomic mass is 19.1. The number of carbonyl (C=O) groups is 1. The maximum Gasteiger partial charge on any atom is 0.259 e. The Morgan fingerprint density at radius 3 is 2.60 bits per heavy atom. The predicted octanol–water partition coefficient (Wildman–Crippen LogP) is 3.71. The van der Waals surface area contributed by atoms with Crippen molar-refractivity contribution in [2.75, 3.05) is 13.6 Å². The number of aromatic nitrogens is 2. The van der Waals surface area contributed by atoms with Crippen LogP contribution in [-0.4, -0.2) is 34.5 Å². The number of hydrogen-bond acceptors (Lipinski definition) is 4. The number of nitrogens with zero attached hydrogens (tertiary/aromatic N) is 3. The summed E-state index contributed by atoms with van der Waals surface area (Å²) < 4.78 is 32.7. The monoisotopic (exact) mass is 349 g/mol. The number of benzene rings is 1. The summed E-state index contributed by atoms with van der Waals surface area (Å²) in [6.45, 7) is 0.246. The Labute approximate surface area is 145 Å². The topological polar surface area (TPSA) is 59.2 Å². The summed E-state index contributed by atoms with van der Waals surface area (Å²) in [5.74, 6) is -0.946. The van der Waals surface area contributed by atoms with Crippen LogP contribution >= 0.6 is 0 Å². The van der Waals surface area contributed by atoms with Crippen LogP contribution < -0.4 is 0 Å². The van der Waals surface area contributed by atoms with Gasteiger partial charge in [0.2, 0.25) is 5.89 Å². The van der Waals surface area contributed by atoms with E-state index in [0.717, 1.165) is 25.0 Å². The van der Waals surface area contributed by atoms with Gasteiger partial charge >= 0.3 is 0 Å². The molecule has 0 N–H and O–H groups in total. The van der Waals surface area contributed by atoms with Crippen molar-refractivity contribution in [1.29, 1.82) is 0 Å². The van der Waals surface area contributed by atoms with Gasteiger partial charge in [0.1, 0.15) is 17.2 Å². The van der Waals surface area contributed by atoms with Crippen LogP contribution in [0.4, 0.5) is 8.78 Å². The van der Waals surface area contributed by atoms with Gasteiger partial charge in [-0.15, -0.1) is 0 Å². The summed E-state index contributed by atoms with van der Waals surface area (Å²) in [5, 5.41) is 3.96. The van der Waals surface area contributed by atoms with Gasteiger partial charge in [-0.25, -0.2) is 8.78 Å². The molecule has 0 unspecified atom stereocenters. The maximum absolute atomic E-state index is 13.7. The first-order valence-corrected chi connectivity index (χ1v) is 8.58. The third-order valence-electron chi connectivity index (χ3n) is 4.63. The van der Waals surface area contributed by atoms with E-state index in [1.807, 2.05) is 0 Å². The van der Waals surface area contributed by atoms with Gasteiger partial charge < -0.3 is 9.42 Å². The summed E-state index contributed by atoms with van der Waals surface area (Å²) in [7, 11) is 1.50. The lowest BCUT2D eigenvalue weighted by atomic mass is 9.89. The Balaban J connectivity index is 1.59. The number of rotatable bonds is 5. The SMILES string of the molecule is CN(CCc1noc(C2CCCCC2)n1)C(=O)c1c(F)cccc1F. The molecule has 5 nitrogen and oxygen atoms in total. The first-order valence-electron chi connectivity index (χ1n) is 8.58. The van der Waals surface area contributed by atoms with Crippen LogP contribution in [0.5, 0.6) is 0 Å². The van der Waals surface area contributed by atoms with Gasteiger partial charge in [0.15, 0.2) is 5.82 Å². The average Bonchev–Trinajstić information content (AvgIpc) is 3.09. The minimum Gasteiger partial charge on any atom is -0.341 e. The van der Waals surface area contributed by atoms with Gasteiger partial charge in [-0.05, 0) is 25.0 Å². The molecule has 2 aromatic rings. The van der Waals surface area contributed by atoms with Gasteiger partial charge in [-0.3, -0.25) is 4.79 Å². The van der Waals surface area contributed by atoms with Crippen LogP contribution in [0, 0.1) is 11.6 Å². The summed E-state index contributed by atoms with van der Waals surface area (Å²) in [6.07, 6.45) is 6.09. The molecule has 0 bridgehead atoms. The fourth-order valence-electron chi connectivity index (χ4n) is 3.15. The second-order valence-electron chi connectivity index (χ2n) is 6.46. The van der Waals surface area contributed by atoms with Crippen molar-refractivity contribution in [1.82, 2.24) is 15.0 Å². The zero-order valence-electron chi connectivity index (χ0n) is 14.2. The van der Waals surface area contributed by atoms with Crippen molar-refractivity contribution in [3.8, 4) is 0 Å². The molecule has 134 valence electrons. The smallest absolute Gasteiger partial charge is 0.259 e. The standard InChI is InChI=1S/C18H21F2N3O2/c1-23(18(24)16-13(19)8-5-9-14(16)20)11-10-15-21-17(25-22-15)12-6-3-2-4-7-12/h5,8-9,12H,2-4,6-7,10-11H2,1H3. The van der Waals surface area contributed by atoms with Crippen LogP contribution in [0.2, 0.25) is 0 Å². The number of likely N-dealkylation sites (N-methyl/N-ethyl adjacent to an activating group) is 1. The molecule has 0 atom stereocenters. The summed E-state index contributed by atoms with van der Waals surface area (Å²) in [6, 6.07) is 3.37. The van der Waals surface area contributed by atoms with Crippen LogP contribution in [0.25, 0.3) is 0 Å². The molecule has 0 saturated heterocycles. The van der Waals surface area contributed by atoms with E-state index in [0.29, 0.717) is 24.1 Å². The molecular formula is C18H21F2N3O2. The number of carbonyl (C=O) groups excluding carboxylic acids is 1. The fraction of sp³-hybridized carbons (Fsp3) is 0.500. The van der Waals surface area contributed by atoms with E-state index >= 15 is 0 Å². The van der Waals surface area contributed by atoms with E-state index in [1.54, 1.807) is 0 Å². The quantitative estimate of drug-likeness (QED) is 0.826. The Bertz CT molecular complexity index is 721. The van der Waals surface area contributed by atoms with Crippen molar-refractivity contribution >= 4 is 5.91 Å². The van der Waals surface area contributed by atoms with Crippen LogP contribution in [-0.2, 0) is 6.42 Å². The van der Waals surface area contributed by atoms with E-state index in [4.69, 9.17) is 4.52 Å². The lowest BCUT2D eigenvalue weighted by Crippen LogP contribution is -2.30. The minimum atomic E-state index is -0.865. The molecule has 1 heterocycles.